The Morgan fingerprint density at radius 2 is 1.85 bits per heavy atom. The lowest BCUT2D eigenvalue weighted by Gasteiger charge is -2.08. The molecule has 0 atom stereocenters. The molecule has 0 aromatic heterocycles. The highest BCUT2D eigenvalue weighted by atomic mass is 32.2. The molecule has 0 fully saturated rings. The van der Waals surface area contributed by atoms with Crippen LogP contribution in [0.25, 0.3) is 0 Å². The first kappa shape index (κ1) is 20.6. The summed E-state index contributed by atoms with van der Waals surface area (Å²) < 4.78 is 41.1. The van der Waals surface area contributed by atoms with Crippen molar-refractivity contribution in [3.8, 4) is 0 Å². The van der Waals surface area contributed by atoms with Crippen molar-refractivity contribution in [2.75, 3.05) is 19.4 Å². The van der Waals surface area contributed by atoms with Crippen molar-refractivity contribution in [3.05, 3.63) is 71.0 Å². The number of halogens is 1. The molecule has 6 nitrogen and oxygen atoms in total. The number of esters is 1. The van der Waals surface area contributed by atoms with Crippen LogP contribution in [0.2, 0.25) is 0 Å². The van der Waals surface area contributed by atoms with Crippen molar-refractivity contribution >= 4 is 21.7 Å². The smallest absolute Gasteiger partial charge is 0.338 e. The lowest BCUT2D eigenvalue weighted by atomic mass is 10.1. The van der Waals surface area contributed by atoms with Gasteiger partial charge < -0.3 is 10.1 Å². The molecule has 0 aliphatic rings. The Labute approximate surface area is 157 Å². The molecule has 27 heavy (non-hydrogen) atoms. The average molecular weight is 393 g/mol. The molecule has 1 amide bonds. The number of hydrogen-bond acceptors (Lipinski definition) is 5. The van der Waals surface area contributed by atoms with E-state index < -0.39 is 28.3 Å². The molecule has 2 rings (SSSR count). The van der Waals surface area contributed by atoms with Crippen LogP contribution in [0, 0.1) is 5.82 Å². The minimum atomic E-state index is -3.22. The van der Waals surface area contributed by atoms with E-state index in [9.17, 15) is 22.4 Å². The first-order valence-electron chi connectivity index (χ1n) is 8.18. The van der Waals surface area contributed by atoms with E-state index in [-0.39, 0.29) is 23.7 Å². The minimum absolute atomic E-state index is 0.162. The molecule has 2 aromatic rings. The van der Waals surface area contributed by atoms with E-state index in [0.717, 1.165) is 6.26 Å². The molecule has 0 bridgehead atoms. The first-order valence-corrected chi connectivity index (χ1v) is 10.2. The predicted octanol–water partition coefficient (Wildman–Crippen LogP) is 1.89. The molecule has 0 unspecified atom stereocenters. The second-order valence-corrected chi connectivity index (χ2v) is 8.18. The van der Waals surface area contributed by atoms with Gasteiger partial charge in [-0.15, -0.1) is 0 Å². The molecule has 0 radical (unpaired) electrons. The Balaban J connectivity index is 1.80. The zero-order valence-electron chi connectivity index (χ0n) is 14.8. The van der Waals surface area contributed by atoms with Gasteiger partial charge in [-0.05, 0) is 35.7 Å². The summed E-state index contributed by atoms with van der Waals surface area (Å²) >= 11 is 0. The monoisotopic (exact) mass is 393 g/mol. The molecule has 0 aliphatic heterocycles. The fourth-order valence-electron chi connectivity index (χ4n) is 2.39. The van der Waals surface area contributed by atoms with Gasteiger partial charge in [0.1, 0.15) is 5.82 Å². The summed E-state index contributed by atoms with van der Waals surface area (Å²) in [4.78, 5) is 23.8. The van der Waals surface area contributed by atoms with Crippen LogP contribution in [0.5, 0.6) is 0 Å². The van der Waals surface area contributed by atoms with Crippen LogP contribution >= 0.6 is 0 Å². The van der Waals surface area contributed by atoms with Gasteiger partial charge in [-0.3, -0.25) is 4.79 Å². The van der Waals surface area contributed by atoms with Gasteiger partial charge in [-0.25, -0.2) is 17.6 Å². The number of benzene rings is 2. The van der Waals surface area contributed by atoms with Crippen LogP contribution in [-0.4, -0.2) is 39.7 Å². The van der Waals surface area contributed by atoms with Crippen molar-refractivity contribution in [1.29, 1.82) is 0 Å². The van der Waals surface area contributed by atoms with Crippen molar-refractivity contribution in [1.82, 2.24) is 5.32 Å². The summed E-state index contributed by atoms with van der Waals surface area (Å²) in [6, 6.07) is 12.3. The van der Waals surface area contributed by atoms with Crippen molar-refractivity contribution in [3.63, 3.8) is 0 Å². The number of nitrogens with one attached hydrogen (secondary N) is 1. The van der Waals surface area contributed by atoms with E-state index in [1.807, 2.05) is 0 Å². The molecule has 8 heteroatoms. The fourth-order valence-corrected chi connectivity index (χ4v) is 3.18. The zero-order valence-corrected chi connectivity index (χ0v) is 15.6. The number of carbonyl (C=O) groups is 2. The van der Waals surface area contributed by atoms with Gasteiger partial charge in [0.2, 0.25) is 0 Å². The summed E-state index contributed by atoms with van der Waals surface area (Å²) in [5.41, 5.74) is 1.11. The van der Waals surface area contributed by atoms with Gasteiger partial charge in [0, 0.05) is 12.8 Å². The van der Waals surface area contributed by atoms with E-state index in [4.69, 9.17) is 4.74 Å². The summed E-state index contributed by atoms with van der Waals surface area (Å²) in [7, 11) is -3.22. The van der Waals surface area contributed by atoms with Gasteiger partial charge in [0.05, 0.1) is 11.3 Å². The van der Waals surface area contributed by atoms with E-state index >= 15 is 0 Å². The van der Waals surface area contributed by atoms with Crippen molar-refractivity contribution in [2.24, 2.45) is 0 Å². The highest BCUT2D eigenvalue weighted by Gasteiger charge is 2.12. The third-order valence-electron chi connectivity index (χ3n) is 3.60. The maximum atomic E-state index is 13.5. The summed E-state index contributed by atoms with van der Waals surface area (Å²) in [5, 5.41) is 2.55. The Morgan fingerprint density at radius 3 is 2.56 bits per heavy atom. The summed E-state index contributed by atoms with van der Waals surface area (Å²) in [6.07, 6.45) is 1.42. The summed E-state index contributed by atoms with van der Waals surface area (Å²) in [5.74, 6) is -1.77. The van der Waals surface area contributed by atoms with E-state index in [0.29, 0.717) is 17.5 Å². The number of carbonyl (C=O) groups excluding carboxylic acids is 2. The molecule has 0 spiro atoms. The van der Waals surface area contributed by atoms with E-state index in [1.165, 1.54) is 18.2 Å². The van der Waals surface area contributed by atoms with Crippen LogP contribution in [0.15, 0.2) is 48.5 Å². The molecular formula is C19H20FNO5S. The molecule has 0 saturated heterocycles. The van der Waals surface area contributed by atoms with Crippen LogP contribution in [0.4, 0.5) is 4.39 Å². The minimum Gasteiger partial charge on any atom is -0.452 e. The molecule has 0 heterocycles. The van der Waals surface area contributed by atoms with Gasteiger partial charge in [-0.1, -0.05) is 30.3 Å². The first-order chi connectivity index (χ1) is 12.7. The van der Waals surface area contributed by atoms with Crippen molar-refractivity contribution in [2.45, 2.75) is 12.2 Å². The number of sulfone groups is 1. The molecule has 1 N–H and O–H groups in total. The molecule has 2 aromatic carbocycles. The Hall–Kier alpha value is -2.74. The van der Waals surface area contributed by atoms with E-state index in [2.05, 4.69) is 5.32 Å². The predicted molar refractivity (Wildman–Crippen MR) is 98.4 cm³/mol. The molecular weight excluding hydrogens is 373 g/mol. The lowest BCUT2D eigenvalue weighted by molar-refractivity contribution is -0.124. The number of amides is 1. The maximum absolute atomic E-state index is 13.5. The van der Waals surface area contributed by atoms with Crippen LogP contribution in [0.3, 0.4) is 0 Å². The SMILES string of the molecule is CS(=O)(=O)Cc1cccc(C(=O)OCC(=O)NCCc2ccccc2F)c1. The largest absolute Gasteiger partial charge is 0.452 e. The standard InChI is InChI=1S/C19H20FNO5S/c1-27(24,25)13-14-5-4-7-16(11-14)19(23)26-12-18(22)21-10-9-15-6-2-3-8-17(15)20/h2-8,11H,9-10,12-13H2,1H3,(H,21,22). The van der Waals surface area contributed by atoms with Crippen molar-refractivity contribution < 1.29 is 27.1 Å². The zero-order chi connectivity index (χ0) is 19.9. The second-order valence-electron chi connectivity index (χ2n) is 6.04. The lowest BCUT2D eigenvalue weighted by Crippen LogP contribution is -2.30. The third kappa shape index (κ3) is 7.18. The number of rotatable bonds is 8. The van der Waals surface area contributed by atoms with Gasteiger partial charge >= 0.3 is 5.97 Å². The van der Waals surface area contributed by atoms with Gasteiger partial charge in [0.25, 0.3) is 5.91 Å². The van der Waals surface area contributed by atoms with Crippen LogP contribution in [-0.2, 0) is 31.5 Å². The van der Waals surface area contributed by atoms with Gasteiger partial charge in [-0.2, -0.15) is 0 Å². The Bertz CT molecular complexity index is 927. The molecule has 0 aliphatic carbocycles. The maximum Gasteiger partial charge on any atom is 0.338 e. The van der Waals surface area contributed by atoms with E-state index in [1.54, 1.807) is 30.3 Å². The normalized spacial score (nSPS) is 11.0. The Kier molecular flexibility index (Phi) is 7.06. The second kappa shape index (κ2) is 9.27. The third-order valence-corrected chi connectivity index (χ3v) is 4.46. The fraction of sp³-hybridized carbons (Fsp3) is 0.263. The number of hydrogen-bond donors (Lipinski definition) is 1. The average Bonchev–Trinajstić information content (AvgIpc) is 2.60. The van der Waals surface area contributed by atoms with Gasteiger partial charge in [0.15, 0.2) is 16.4 Å². The Morgan fingerprint density at radius 1 is 1.11 bits per heavy atom. The number of ether oxygens (including phenoxy) is 1. The molecule has 144 valence electrons. The quantitative estimate of drug-likeness (QED) is 0.692. The summed E-state index contributed by atoms with van der Waals surface area (Å²) in [6.45, 7) is -0.270. The molecule has 0 saturated carbocycles. The van der Waals surface area contributed by atoms with Crippen LogP contribution < -0.4 is 5.32 Å². The highest BCUT2D eigenvalue weighted by Crippen LogP contribution is 2.10. The highest BCUT2D eigenvalue weighted by molar-refractivity contribution is 7.89. The topological polar surface area (TPSA) is 89.5 Å². The van der Waals surface area contributed by atoms with Crippen LogP contribution in [0.1, 0.15) is 21.5 Å².